The molecule has 0 aliphatic rings. The summed E-state index contributed by atoms with van der Waals surface area (Å²) in [6, 6.07) is 5.30. The summed E-state index contributed by atoms with van der Waals surface area (Å²) < 4.78 is 15.6. The molecule has 0 aliphatic heterocycles. The van der Waals surface area contributed by atoms with Gasteiger partial charge in [-0.25, -0.2) is 9.78 Å². The summed E-state index contributed by atoms with van der Waals surface area (Å²) in [4.78, 5) is 32.3. The lowest BCUT2D eigenvalue weighted by Gasteiger charge is -2.10. The van der Waals surface area contributed by atoms with Gasteiger partial charge < -0.3 is 19.2 Å². The lowest BCUT2D eigenvalue weighted by atomic mass is 10.2. The van der Waals surface area contributed by atoms with Gasteiger partial charge in [-0.15, -0.1) is 11.3 Å². The van der Waals surface area contributed by atoms with E-state index in [2.05, 4.69) is 16.5 Å². The fourth-order valence-electron chi connectivity index (χ4n) is 2.80. The van der Waals surface area contributed by atoms with Crippen LogP contribution in [0.4, 0.5) is 0 Å². The van der Waals surface area contributed by atoms with Crippen LogP contribution in [0.2, 0.25) is 0 Å². The first-order valence-corrected chi connectivity index (χ1v) is 10.00. The Morgan fingerprint density at radius 2 is 2.10 bits per heavy atom. The van der Waals surface area contributed by atoms with Crippen molar-refractivity contribution in [2.75, 3.05) is 20.8 Å². The van der Waals surface area contributed by atoms with Crippen LogP contribution in [-0.4, -0.2) is 36.8 Å². The smallest absolute Gasteiger partial charge is 0.348 e. The molecular weight excluding hydrogens is 428 g/mol. The Balaban J connectivity index is 2.01. The highest BCUT2D eigenvalue weighted by Crippen LogP contribution is 2.31. The van der Waals surface area contributed by atoms with Gasteiger partial charge in [0.25, 0.3) is 5.56 Å². The molecule has 1 N–H and O–H groups in total. The van der Waals surface area contributed by atoms with Crippen molar-refractivity contribution < 1.29 is 19.0 Å². The second kappa shape index (κ2) is 9.15. The summed E-state index contributed by atoms with van der Waals surface area (Å²) in [5.74, 6) is 0.785. The van der Waals surface area contributed by atoms with E-state index in [1.54, 1.807) is 37.3 Å². The molecule has 0 atom stereocenters. The summed E-state index contributed by atoms with van der Waals surface area (Å²) in [6.07, 6.45) is 3.29. The fraction of sp³-hybridized carbons (Fsp3) is 0.190. The Bertz CT molecular complexity index is 1210. The van der Waals surface area contributed by atoms with E-state index in [-0.39, 0.29) is 16.4 Å². The third kappa shape index (κ3) is 4.24. The van der Waals surface area contributed by atoms with Gasteiger partial charge in [0.1, 0.15) is 16.3 Å². The van der Waals surface area contributed by atoms with E-state index in [0.717, 1.165) is 16.9 Å². The van der Waals surface area contributed by atoms with Gasteiger partial charge in [0.05, 0.1) is 24.6 Å². The van der Waals surface area contributed by atoms with Crippen LogP contribution in [0, 0.1) is 6.92 Å². The number of hydrogen-bond donors (Lipinski definition) is 1. The number of rotatable bonds is 7. The number of H-pyrrole nitrogens is 1. The van der Waals surface area contributed by atoms with Crippen LogP contribution in [0.3, 0.4) is 0 Å². The third-order valence-electron chi connectivity index (χ3n) is 4.24. The zero-order valence-corrected chi connectivity index (χ0v) is 18.1. The highest BCUT2D eigenvalue weighted by Gasteiger charge is 2.20. The maximum Gasteiger partial charge on any atom is 0.348 e. The minimum absolute atomic E-state index is 0.192. The predicted molar refractivity (Wildman–Crippen MR) is 119 cm³/mol. The number of aromatic nitrogens is 2. The molecular formula is C21H19ClN2O5S. The van der Waals surface area contributed by atoms with E-state index in [9.17, 15) is 9.59 Å². The summed E-state index contributed by atoms with van der Waals surface area (Å²) in [6.45, 7) is 5.65. The van der Waals surface area contributed by atoms with Crippen molar-refractivity contribution in [3.63, 3.8) is 0 Å². The molecule has 9 heteroatoms. The minimum atomic E-state index is -0.510. The predicted octanol–water partition coefficient (Wildman–Crippen LogP) is 4.39. The van der Waals surface area contributed by atoms with Gasteiger partial charge in [0, 0.05) is 0 Å². The van der Waals surface area contributed by atoms with Crippen LogP contribution in [0.1, 0.15) is 26.6 Å². The molecule has 30 heavy (non-hydrogen) atoms. The Morgan fingerprint density at radius 1 is 1.33 bits per heavy atom. The molecule has 0 unspecified atom stereocenters. The number of ether oxygens (including phenoxy) is 3. The Kier molecular flexibility index (Phi) is 6.59. The number of benzene rings is 1. The fourth-order valence-corrected chi connectivity index (χ4v) is 4.12. The maximum atomic E-state index is 12.6. The van der Waals surface area contributed by atoms with Crippen molar-refractivity contribution in [2.45, 2.75) is 6.92 Å². The first-order valence-electron chi connectivity index (χ1n) is 8.80. The van der Waals surface area contributed by atoms with Crippen LogP contribution < -0.4 is 15.0 Å². The molecule has 3 aromatic rings. The Hall–Kier alpha value is -3.10. The molecule has 0 bridgehead atoms. The number of carbonyl (C=O) groups is 1. The first kappa shape index (κ1) is 21.6. The van der Waals surface area contributed by atoms with Crippen LogP contribution >= 0.6 is 22.9 Å². The summed E-state index contributed by atoms with van der Waals surface area (Å²) in [5.41, 5.74) is 0.876. The lowest BCUT2D eigenvalue weighted by Crippen LogP contribution is -2.10. The van der Waals surface area contributed by atoms with Crippen LogP contribution in [0.15, 0.2) is 35.6 Å². The molecule has 0 saturated carbocycles. The van der Waals surface area contributed by atoms with Crippen LogP contribution in [0.25, 0.3) is 21.3 Å². The second-order valence-electron chi connectivity index (χ2n) is 6.14. The number of thiophene rings is 1. The molecule has 2 aromatic heterocycles. The van der Waals surface area contributed by atoms with Crippen molar-refractivity contribution in [1.29, 1.82) is 0 Å². The molecule has 3 rings (SSSR count). The highest BCUT2D eigenvalue weighted by molar-refractivity contribution is 7.20. The SMILES string of the molecule is C=CCOc1ccc(/C=C(\Cl)c2nc3sc(C(=O)OC)c(C)c3c(=O)[nH]2)cc1OC. The molecule has 0 spiro atoms. The zero-order valence-electron chi connectivity index (χ0n) is 16.6. The van der Waals surface area contributed by atoms with Gasteiger partial charge in [-0.2, -0.15) is 0 Å². The summed E-state index contributed by atoms with van der Waals surface area (Å²) in [5, 5.41) is 0.570. The number of halogens is 1. The number of methoxy groups -OCH3 is 2. The van der Waals surface area contributed by atoms with Gasteiger partial charge in [-0.3, -0.25) is 4.79 Å². The maximum absolute atomic E-state index is 12.6. The molecule has 0 amide bonds. The number of esters is 1. The normalized spacial score (nSPS) is 11.4. The van der Waals surface area contributed by atoms with E-state index in [0.29, 0.717) is 38.8 Å². The van der Waals surface area contributed by atoms with Gasteiger partial charge in [-0.05, 0) is 36.3 Å². The average Bonchev–Trinajstić information content (AvgIpc) is 3.08. The van der Waals surface area contributed by atoms with Gasteiger partial charge >= 0.3 is 5.97 Å². The number of carbonyl (C=O) groups excluding carboxylic acids is 1. The van der Waals surface area contributed by atoms with Crippen LogP contribution in [0.5, 0.6) is 11.5 Å². The van der Waals surface area contributed by atoms with Crippen molar-refractivity contribution in [1.82, 2.24) is 9.97 Å². The Labute approximate surface area is 181 Å². The first-order chi connectivity index (χ1) is 14.4. The number of nitrogens with one attached hydrogen (secondary N) is 1. The lowest BCUT2D eigenvalue weighted by molar-refractivity contribution is 0.0605. The largest absolute Gasteiger partial charge is 0.493 e. The topological polar surface area (TPSA) is 90.5 Å². The van der Waals surface area contributed by atoms with E-state index < -0.39 is 5.97 Å². The quantitative estimate of drug-likeness (QED) is 0.427. The van der Waals surface area contributed by atoms with Gasteiger partial charge in [0.2, 0.25) is 0 Å². The molecule has 0 radical (unpaired) electrons. The second-order valence-corrected chi connectivity index (χ2v) is 7.55. The van der Waals surface area contributed by atoms with Gasteiger partial charge in [-0.1, -0.05) is 30.3 Å². The molecule has 0 fully saturated rings. The van der Waals surface area contributed by atoms with E-state index in [4.69, 9.17) is 25.8 Å². The minimum Gasteiger partial charge on any atom is -0.493 e. The zero-order chi connectivity index (χ0) is 21.8. The number of fused-ring (bicyclic) bond motifs is 1. The molecule has 0 saturated heterocycles. The number of nitrogens with zero attached hydrogens (tertiary/aromatic N) is 1. The molecule has 156 valence electrons. The van der Waals surface area contributed by atoms with Crippen molar-refractivity contribution in [3.8, 4) is 11.5 Å². The molecule has 7 nitrogen and oxygen atoms in total. The highest BCUT2D eigenvalue weighted by atomic mass is 35.5. The number of aromatic amines is 1. The van der Waals surface area contributed by atoms with Gasteiger partial charge in [0.15, 0.2) is 17.3 Å². The average molecular weight is 447 g/mol. The monoisotopic (exact) mass is 446 g/mol. The van der Waals surface area contributed by atoms with Crippen molar-refractivity contribution >= 4 is 50.2 Å². The van der Waals surface area contributed by atoms with E-state index in [1.165, 1.54) is 14.2 Å². The summed E-state index contributed by atoms with van der Waals surface area (Å²) >= 11 is 7.51. The van der Waals surface area contributed by atoms with Crippen LogP contribution in [-0.2, 0) is 4.74 Å². The molecule has 0 aliphatic carbocycles. The van der Waals surface area contributed by atoms with E-state index in [1.807, 2.05) is 0 Å². The number of aryl methyl sites for hydroxylation is 1. The number of hydrogen-bond acceptors (Lipinski definition) is 7. The molecule has 2 heterocycles. The standard InChI is InChI=1S/C21H19ClN2O5S/c1-5-8-29-14-7-6-12(10-15(14)27-3)9-13(22)18-23-19(25)16-11(2)17(21(26)28-4)30-20(16)24-18/h5-7,9-10H,1,8H2,2-4H3,(H,23,24,25)/b13-9-. The third-order valence-corrected chi connectivity index (χ3v) is 5.69. The molecule has 1 aromatic carbocycles. The Morgan fingerprint density at radius 3 is 2.77 bits per heavy atom. The summed E-state index contributed by atoms with van der Waals surface area (Å²) in [7, 11) is 2.83. The van der Waals surface area contributed by atoms with Crippen molar-refractivity contribution in [2.24, 2.45) is 0 Å². The van der Waals surface area contributed by atoms with Crippen molar-refractivity contribution in [3.05, 3.63) is 63.0 Å². The van der Waals surface area contributed by atoms with E-state index >= 15 is 0 Å².